The number of nitrogens with zero attached hydrogens (tertiary/aromatic N) is 1. The zero-order valence-corrected chi connectivity index (χ0v) is 20.0. The number of carbonyl (C=O) groups is 5. The Morgan fingerprint density at radius 1 is 1.12 bits per heavy atom. The fourth-order valence-electron chi connectivity index (χ4n) is 4.50. The summed E-state index contributed by atoms with van der Waals surface area (Å²) in [6, 6.07) is 5.57. The van der Waals surface area contributed by atoms with Crippen LogP contribution in [-0.4, -0.2) is 60.4 Å². The van der Waals surface area contributed by atoms with Crippen molar-refractivity contribution in [2.45, 2.75) is 52.0 Å². The van der Waals surface area contributed by atoms with Crippen LogP contribution in [0, 0.1) is 11.3 Å². The average Bonchev–Trinajstić information content (AvgIpc) is 3.01. The van der Waals surface area contributed by atoms with Gasteiger partial charge in [0.2, 0.25) is 0 Å². The topological polar surface area (TPSA) is 134 Å². The van der Waals surface area contributed by atoms with Crippen molar-refractivity contribution < 1.29 is 28.7 Å². The lowest BCUT2D eigenvalue weighted by molar-refractivity contribution is -0.150. The molecule has 1 aliphatic heterocycles. The molecule has 1 saturated heterocycles. The fraction of sp³-hybridized carbons (Fsp3) is 0.542. The Labute approximate surface area is 198 Å². The van der Waals surface area contributed by atoms with Crippen molar-refractivity contribution in [2.24, 2.45) is 11.3 Å². The van der Waals surface area contributed by atoms with E-state index >= 15 is 0 Å². The molecule has 1 aromatic rings. The normalized spacial score (nSPS) is 22.4. The molecule has 1 saturated carbocycles. The molecule has 184 valence electrons. The summed E-state index contributed by atoms with van der Waals surface area (Å²) in [4.78, 5) is 62.2. The molecule has 1 heterocycles. The van der Waals surface area contributed by atoms with E-state index in [1.54, 1.807) is 24.3 Å². The van der Waals surface area contributed by atoms with Crippen molar-refractivity contribution in [1.82, 2.24) is 15.5 Å². The lowest BCUT2D eigenvalue weighted by Crippen LogP contribution is -2.50. The Kier molecular flexibility index (Phi) is 7.28. The van der Waals surface area contributed by atoms with E-state index < -0.39 is 42.5 Å². The van der Waals surface area contributed by atoms with E-state index in [0.29, 0.717) is 30.0 Å². The highest BCUT2D eigenvalue weighted by Gasteiger charge is 2.53. The van der Waals surface area contributed by atoms with Gasteiger partial charge in [-0.05, 0) is 61.3 Å². The first-order valence-electron chi connectivity index (χ1n) is 11.4. The number of urea groups is 1. The van der Waals surface area contributed by atoms with E-state index in [9.17, 15) is 24.0 Å². The van der Waals surface area contributed by atoms with Crippen molar-refractivity contribution >= 4 is 35.4 Å². The number of imide groups is 1. The molecule has 0 radical (unpaired) electrons. The van der Waals surface area contributed by atoms with Crippen LogP contribution in [0.4, 0.5) is 10.5 Å². The summed E-state index contributed by atoms with van der Waals surface area (Å²) in [6.45, 7) is 5.39. The summed E-state index contributed by atoms with van der Waals surface area (Å²) >= 11 is 0. The summed E-state index contributed by atoms with van der Waals surface area (Å²) in [7, 11) is 1.52. The van der Waals surface area contributed by atoms with Gasteiger partial charge in [-0.25, -0.2) is 4.79 Å². The number of benzene rings is 1. The fourth-order valence-corrected chi connectivity index (χ4v) is 4.50. The first-order valence-corrected chi connectivity index (χ1v) is 11.4. The third-order valence-electron chi connectivity index (χ3n) is 6.62. The Bertz CT molecular complexity index is 974. The van der Waals surface area contributed by atoms with Gasteiger partial charge in [-0.3, -0.25) is 24.1 Å². The lowest BCUT2D eigenvalue weighted by atomic mass is 9.67. The minimum Gasteiger partial charge on any atom is -0.454 e. The molecule has 0 atom stereocenters. The smallest absolute Gasteiger partial charge is 0.326 e. The molecule has 2 aliphatic rings. The molecule has 1 aromatic carbocycles. The largest absolute Gasteiger partial charge is 0.454 e. The molecule has 0 unspecified atom stereocenters. The molecule has 5 amide bonds. The quantitative estimate of drug-likeness (QED) is 0.429. The maximum atomic E-state index is 13.0. The Balaban J connectivity index is 1.48. The molecule has 0 aromatic heterocycles. The van der Waals surface area contributed by atoms with Gasteiger partial charge in [0.15, 0.2) is 6.61 Å². The van der Waals surface area contributed by atoms with Gasteiger partial charge >= 0.3 is 12.0 Å². The number of anilines is 1. The van der Waals surface area contributed by atoms with Gasteiger partial charge in [-0.15, -0.1) is 0 Å². The molecular weight excluding hydrogens is 440 g/mol. The van der Waals surface area contributed by atoms with Crippen LogP contribution in [0.15, 0.2) is 24.3 Å². The summed E-state index contributed by atoms with van der Waals surface area (Å²) in [5, 5.41) is 7.83. The van der Waals surface area contributed by atoms with E-state index in [1.807, 2.05) is 0 Å². The van der Waals surface area contributed by atoms with Crippen LogP contribution in [0.2, 0.25) is 0 Å². The predicted octanol–water partition coefficient (Wildman–Crippen LogP) is 2.05. The maximum Gasteiger partial charge on any atom is 0.326 e. The summed E-state index contributed by atoms with van der Waals surface area (Å²) < 4.78 is 4.96. The highest BCUT2D eigenvalue weighted by Crippen LogP contribution is 2.43. The summed E-state index contributed by atoms with van der Waals surface area (Å²) in [6.07, 6.45) is 2.70. The van der Waals surface area contributed by atoms with Crippen LogP contribution in [0.1, 0.15) is 56.8 Å². The van der Waals surface area contributed by atoms with Crippen molar-refractivity contribution in [3.05, 3.63) is 29.8 Å². The second-order valence-electron chi connectivity index (χ2n) is 9.91. The third-order valence-corrected chi connectivity index (χ3v) is 6.62. The predicted molar refractivity (Wildman–Crippen MR) is 124 cm³/mol. The van der Waals surface area contributed by atoms with Crippen LogP contribution in [0.3, 0.4) is 0 Å². The molecule has 34 heavy (non-hydrogen) atoms. The number of hydrogen-bond acceptors (Lipinski definition) is 6. The standard InChI is InChI=1S/C24H32N4O6/c1-23(2,3)16-9-11-24(12-10-16)21(32)28(22(33)27-24)13-19(30)34-14-18(29)26-17-7-5-15(6-8-17)20(31)25-4/h5-8,16H,9-14H2,1-4H3,(H,25,31)(H,26,29)(H,27,33). The van der Waals surface area contributed by atoms with Gasteiger partial charge in [0.1, 0.15) is 12.1 Å². The molecule has 3 rings (SSSR count). The minimum absolute atomic E-state index is 0.128. The number of carbonyl (C=O) groups excluding carboxylic acids is 5. The van der Waals surface area contributed by atoms with E-state index in [0.717, 1.165) is 17.7 Å². The Morgan fingerprint density at radius 2 is 1.74 bits per heavy atom. The van der Waals surface area contributed by atoms with E-state index in [-0.39, 0.29) is 11.3 Å². The first kappa shape index (κ1) is 25.2. The average molecular weight is 473 g/mol. The Hall–Kier alpha value is -3.43. The molecular formula is C24H32N4O6. The monoisotopic (exact) mass is 472 g/mol. The van der Waals surface area contributed by atoms with Crippen molar-refractivity contribution in [3.8, 4) is 0 Å². The van der Waals surface area contributed by atoms with Gasteiger partial charge in [0.05, 0.1) is 0 Å². The molecule has 2 fully saturated rings. The van der Waals surface area contributed by atoms with E-state index in [2.05, 4.69) is 36.7 Å². The zero-order valence-electron chi connectivity index (χ0n) is 20.0. The second-order valence-corrected chi connectivity index (χ2v) is 9.91. The lowest BCUT2D eigenvalue weighted by Gasteiger charge is -2.40. The van der Waals surface area contributed by atoms with E-state index in [1.165, 1.54) is 7.05 Å². The highest BCUT2D eigenvalue weighted by atomic mass is 16.5. The SMILES string of the molecule is CNC(=O)c1ccc(NC(=O)COC(=O)CN2C(=O)NC3(CCC(C(C)(C)C)CC3)C2=O)cc1. The number of esters is 1. The number of ether oxygens (including phenoxy) is 1. The summed E-state index contributed by atoms with van der Waals surface area (Å²) in [5.41, 5.74) is 0.0293. The van der Waals surface area contributed by atoms with Crippen molar-refractivity contribution in [1.29, 1.82) is 0 Å². The zero-order chi connectivity index (χ0) is 25.1. The van der Waals surface area contributed by atoms with Crippen LogP contribution in [0.5, 0.6) is 0 Å². The van der Waals surface area contributed by atoms with Crippen molar-refractivity contribution in [3.63, 3.8) is 0 Å². The van der Waals surface area contributed by atoms with Crippen LogP contribution < -0.4 is 16.0 Å². The number of rotatable bonds is 6. The van der Waals surface area contributed by atoms with Crippen LogP contribution >= 0.6 is 0 Å². The van der Waals surface area contributed by atoms with Crippen LogP contribution in [-0.2, 0) is 19.1 Å². The third kappa shape index (κ3) is 5.55. The second kappa shape index (κ2) is 9.82. The van der Waals surface area contributed by atoms with Crippen molar-refractivity contribution in [2.75, 3.05) is 25.5 Å². The number of nitrogens with one attached hydrogen (secondary N) is 3. The minimum atomic E-state index is -0.961. The Morgan fingerprint density at radius 3 is 2.29 bits per heavy atom. The van der Waals surface area contributed by atoms with Crippen LogP contribution in [0.25, 0.3) is 0 Å². The molecule has 1 spiro atoms. The summed E-state index contributed by atoms with van der Waals surface area (Å²) in [5.74, 6) is -1.65. The molecule has 3 N–H and O–H groups in total. The molecule has 10 nitrogen and oxygen atoms in total. The number of hydrogen-bond donors (Lipinski definition) is 3. The maximum absolute atomic E-state index is 13.0. The molecule has 10 heteroatoms. The number of amides is 5. The van der Waals surface area contributed by atoms with Gasteiger partial charge in [-0.2, -0.15) is 0 Å². The highest BCUT2D eigenvalue weighted by molar-refractivity contribution is 6.08. The first-order chi connectivity index (χ1) is 15.9. The van der Waals surface area contributed by atoms with Gasteiger partial charge in [0, 0.05) is 18.3 Å². The van der Waals surface area contributed by atoms with Gasteiger partial charge in [-0.1, -0.05) is 20.8 Å². The molecule has 1 aliphatic carbocycles. The van der Waals surface area contributed by atoms with Gasteiger partial charge < -0.3 is 20.7 Å². The molecule has 0 bridgehead atoms. The van der Waals surface area contributed by atoms with Gasteiger partial charge in [0.25, 0.3) is 17.7 Å². The van der Waals surface area contributed by atoms with E-state index in [4.69, 9.17) is 4.74 Å².